The molecule has 2 rings (SSSR count). The number of aliphatic hydroxyl groups excluding tert-OH is 2. The lowest BCUT2D eigenvalue weighted by molar-refractivity contribution is 0.0160. The Morgan fingerprint density at radius 2 is 2.24 bits per heavy atom. The van der Waals surface area contributed by atoms with E-state index in [-0.39, 0.29) is 23.3 Å². The summed E-state index contributed by atoms with van der Waals surface area (Å²) in [5.74, 6) is -0.0257. The summed E-state index contributed by atoms with van der Waals surface area (Å²) in [5, 5.41) is 19.0. The molecule has 8 heteroatoms. The lowest BCUT2D eigenvalue weighted by atomic mass is 10.1. The van der Waals surface area contributed by atoms with Gasteiger partial charge in [0.15, 0.2) is 10.8 Å². The maximum absolute atomic E-state index is 11.5. The van der Waals surface area contributed by atoms with Crippen molar-refractivity contribution >= 4 is 5.95 Å². The molecule has 0 bridgehead atoms. The lowest BCUT2D eigenvalue weighted by Crippen LogP contribution is -2.50. The zero-order chi connectivity index (χ0) is 12.6. The Balaban J connectivity index is 2.51. The normalized spacial score (nSPS) is 21.9. The Morgan fingerprint density at radius 3 is 2.88 bits per heavy atom. The molecule has 2 heterocycles. The van der Waals surface area contributed by atoms with Crippen LogP contribution in [0.4, 0.5) is 5.95 Å². The second-order valence-electron chi connectivity index (χ2n) is 3.89. The average Bonchev–Trinajstić information content (AvgIpc) is 2.27. The number of hydrogen-bond acceptors (Lipinski definition) is 7. The smallest absolute Gasteiger partial charge is 0.280 e. The minimum absolute atomic E-state index is 0.0257. The lowest BCUT2D eigenvalue weighted by Gasteiger charge is -2.21. The summed E-state index contributed by atoms with van der Waals surface area (Å²) >= 11 is 0. The second-order valence-corrected chi connectivity index (χ2v) is 3.89. The molecule has 0 radical (unpaired) electrons. The first-order valence-electron chi connectivity index (χ1n) is 5.13. The number of nitrogen functional groups attached to an aromatic ring is 1. The van der Waals surface area contributed by atoms with E-state index in [0.717, 1.165) is 0 Å². The van der Waals surface area contributed by atoms with Gasteiger partial charge in [0, 0.05) is 0 Å². The highest BCUT2D eigenvalue weighted by atomic mass is 16.3. The maximum atomic E-state index is 11.5. The maximum Gasteiger partial charge on any atom is 0.280 e. The molecule has 0 aromatic carbocycles. The molecule has 1 aromatic heterocycles. The van der Waals surface area contributed by atoms with Crippen LogP contribution in [0.5, 0.6) is 0 Å². The Morgan fingerprint density at radius 1 is 1.53 bits per heavy atom. The van der Waals surface area contributed by atoms with Crippen molar-refractivity contribution in [1.82, 2.24) is 9.97 Å². The van der Waals surface area contributed by atoms with Crippen LogP contribution in [0.15, 0.2) is 14.8 Å². The van der Waals surface area contributed by atoms with E-state index in [4.69, 9.17) is 5.73 Å². The topological polar surface area (TPSA) is 137 Å². The third kappa shape index (κ3) is 2.17. The van der Waals surface area contributed by atoms with E-state index in [1.165, 1.54) is 6.92 Å². The van der Waals surface area contributed by atoms with Crippen LogP contribution in [0.1, 0.15) is 6.92 Å². The highest BCUT2D eigenvalue weighted by Gasteiger charge is 2.24. The van der Waals surface area contributed by atoms with Crippen molar-refractivity contribution in [2.75, 3.05) is 12.3 Å². The Hall–Kier alpha value is -1.80. The van der Waals surface area contributed by atoms with Crippen LogP contribution in [0.2, 0.25) is 0 Å². The fraction of sp³-hybridized carbons (Fsp3) is 0.556. The number of nitrogens with zero attached hydrogens (tertiary/aromatic N) is 3. The quantitative estimate of drug-likeness (QED) is 0.429. The molecule has 1 aliphatic heterocycles. The van der Waals surface area contributed by atoms with Crippen LogP contribution < -0.4 is 22.1 Å². The summed E-state index contributed by atoms with van der Waals surface area (Å²) in [6.07, 6.45) is -2.01. The van der Waals surface area contributed by atoms with E-state index in [0.29, 0.717) is 0 Å². The minimum Gasteiger partial charge on any atom is -0.391 e. The molecule has 1 aromatic rings. The highest BCUT2D eigenvalue weighted by Crippen LogP contribution is 2.04. The first-order chi connectivity index (χ1) is 7.99. The van der Waals surface area contributed by atoms with Crippen molar-refractivity contribution in [2.24, 2.45) is 9.98 Å². The van der Waals surface area contributed by atoms with E-state index >= 15 is 0 Å². The molecule has 1 aliphatic rings. The number of nitrogens with one attached hydrogen (secondary N) is 1. The van der Waals surface area contributed by atoms with E-state index < -0.39 is 23.8 Å². The van der Waals surface area contributed by atoms with Crippen molar-refractivity contribution in [1.29, 1.82) is 0 Å². The average molecular weight is 239 g/mol. The van der Waals surface area contributed by atoms with Crippen molar-refractivity contribution < 1.29 is 10.2 Å². The standard InChI is InChI=1S/C9H13N5O3/c1-3(15)6(16)4-2-11-7-5(12-4)8(17)14-9(10)13-7/h3-4,6,15-16H,2H2,1H3,(H3,10,11,13,14,17)/t3?,4-,6?/m1/s1. The Labute approximate surface area is 95.6 Å². The number of anilines is 1. The summed E-state index contributed by atoms with van der Waals surface area (Å²) in [7, 11) is 0. The SMILES string of the molecule is CC(O)C(O)[C@H]1CN=c2nc(N)[nH]c(=O)c2=N1. The van der Waals surface area contributed by atoms with Gasteiger partial charge in [0.05, 0.1) is 18.7 Å². The van der Waals surface area contributed by atoms with Gasteiger partial charge in [-0.3, -0.25) is 19.8 Å². The predicted octanol–water partition coefficient (Wildman–Crippen LogP) is -3.28. The first-order valence-corrected chi connectivity index (χ1v) is 5.13. The van der Waals surface area contributed by atoms with Crippen LogP contribution in [0.3, 0.4) is 0 Å². The molecule has 0 fully saturated rings. The van der Waals surface area contributed by atoms with E-state index in [9.17, 15) is 15.0 Å². The van der Waals surface area contributed by atoms with Crippen molar-refractivity contribution in [2.45, 2.75) is 25.2 Å². The van der Waals surface area contributed by atoms with Gasteiger partial charge in [-0.1, -0.05) is 0 Å². The highest BCUT2D eigenvalue weighted by molar-refractivity contribution is 5.12. The molecular weight excluding hydrogens is 226 g/mol. The van der Waals surface area contributed by atoms with Gasteiger partial charge in [-0.15, -0.1) is 0 Å². The molecular formula is C9H13N5O3. The van der Waals surface area contributed by atoms with Crippen LogP contribution in [0.25, 0.3) is 0 Å². The Kier molecular flexibility index (Phi) is 2.90. The molecule has 3 atom stereocenters. The second kappa shape index (κ2) is 4.22. The largest absolute Gasteiger partial charge is 0.391 e. The third-order valence-corrected chi connectivity index (χ3v) is 2.51. The number of nitrogens with two attached hydrogens (primary N) is 1. The molecule has 92 valence electrons. The van der Waals surface area contributed by atoms with Crippen molar-refractivity contribution in [3.05, 3.63) is 21.2 Å². The zero-order valence-corrected chi connectivity index (χ0v) is 9.16. The van der Waals surface area contributed by atoms with Crippen molar-refractivity contribution in [3.8, 4) is 0 Å². The predicted molar refractivity (Wildman–Crippen MR) is 57.9 cm³/mol. The van der Waals surface area contributed by atoms with Gasteiger partial charge in [-0.2, -0.15) is 4.98 Å². The van der Waals surface area contributed by atoms with Gasteiger partial charge in [-0.25, -0.2) is 0 Å². The number of rotatable bonds is 2. The van der Waals surface area contributed by atoms with Gasteiger partial charge in [0.1, 0.15) is 6.10 Å². The molecule has 0 aliphatic carbocycles. The van der Waals surface area contributed by atoms with Gasteiger partial charge in [0.25, 0.3) is 5.56 Å². The molecule has 2 unspecified atom stereocenters. The van der Waals surface area contributed by atoms with Crippen molar-refractivity contribution in [3.63, 3.8) is 0 Å². The number of H-pyrrole nitrogens is 1. The number of fused-ring (bicyclic) bond motifs is 1. The third-order valence-electron chi connectivity index (χ3n) is 2.51. The van der Waals surface area contributed by atoms with Crippen LogP contribution in [-0.2, 0) is 0 Å². The van der Waals surface area contributed by atoms with Gasteiger partial charge < -0.3 is 15.9 Å². The summed E-state index contributed by atoms with van der Waals surface area (Å²) in [6, 6.07) is -0.644. The first kappa shape index (κ1) is 11.7. The fourth-order valence-electron chi connectivity index (χ4n) is 1.59. The number of aromatic amines is 1. The summed E-state index contributed by atoms with van der Waals surface area (Å²) in [5.41, 5.74) is 5.03. The molecule has 0 saturated heterocycles. The van der Waals surface area contributed by atoms with Crippen LogP contribution in [-0.4, -0.2) is 45.0 Å². The summed E-state index contributed by atoms with van der Waals surface area (Å²) in [4.78, 5) is 25.7. The molecule has 0 amide bonds. The van der Waals surface area contributed by atoms with Crippen LogP contribution >= 0.6 is 0 Å². The zero-order valence-electron chi connectivity index (χ0n) is 9.16. The van der Waals surface area contributed by atoms with Gasteiger partial charge >= 0.3 is 0 Å². The number of hydrogen-bond donors (Lipinski definition) is 4. The summed E-state index contributed by atoms with van der Waals surface area (Å²) in [6.45, 7) is 1.61. The van der Waals surface area contributed by atoms with Gasteiger partial charge in [0.2, 0.25) is 5.95 Å². The van der Waals surface area contributed by atoms with E-state index in [2.05, 4.69) is 20.0 Å². The molecule has 5 N–H and O–H groups in total. The molecule has 17 heavy (non-hydrogen) atoms. The monoisotopic (exact) mass is 239 g/mol. The molecule has 8 nitrogen and oxygen atoms in total. The summed E-state index contributed by atoms with van der Waals surface area (Å²) < 4.78 is 0. The Bertz CT molecular complexity index is 594. The minimum atomic E-state index is -1.07. The van der Waals surface area contributed by atoms with E-state index in [1.807, 2.05) is 0 Å². The van der Waals surface area contributed by atoms with Crippen LogP contribution in [0, 0.1) is 0 Å². The number of aromatic nitrogens is 2. The molecule has 0 saturated carbocycles. The molecule has 0 spiro atoms. The fourth-order valence-corrected chi connectivity index (χ4v) is 1.59. The number of aliphatic hydroxyl groups is 2. The van der Waals surface area contributed by atoms with Gasteiger partial charge in [-0.05, 0) is 6.92 Å². The van der Waals surface area contributed by atoms with E-state index in [1.54, 1.807) is 0 Å².